The Kier molecular flexibility index (Phi) is 11.2. The van der Waals surface area contributed by atoms with Gasteiger partial charge in [0.15, 0.2) is 0 Å². The van der Waals surface area contributed by atoms with Gasteiger partial charge >= 0.3 is 0 Å². The second-order valence-corrected chi connectivity index (χ2v) is 6.93. The molecule has 0 heterocycles. The number of nitrogens with two attached hydrogens (primary N) is 4. The fourth-order valence-electron chi connectivity index (χ4n) is 2.70. The molecule has 164 valence electrons. The minimum absolute atomic E-state index is 0.107. The van der Waals surface area contributed by atoms with E-state index >= 15 is 0 Å². The van der Waals surface area contributed by atoms with Gasteiger partial charge in [0.05, 0.1) is 9.85 Å². The largest absolute Gasteiger partial charge is 0.330 e. The van der Waals surface area contributed by atoms with Crippen LogP contribution in [0.2, 0.25) is 0 Å². The zero-order chi connectivity index (χ0) is 22.5. The Hall–Kier alpha value is -2.92. The molecule has 0 spiro atoms. The number of nitrogens with zero attached hydrogens (tertiary/aromatic N) is 2. The lowest BCUT2D eigenvalue weighted by Crippen LogP contribution is -2.25. The first-order chi connectivity index (χ1) is 14.3. The Morgan fingerprint density at radius 1 is 0.600 bits per heavy atom. The van der Waals surface area contributed by atoms with Crippen LogP contribution in [0.1, 0.15) is 11.1 Å². The van der Waals surface area contributed by atoms with Crippen molar-refractivity contribution in [2.24, 2.45) is 34.8 Å². The topological polar surface area (TPSA) is 190 Å². The van der Waals surface area contributed by atoms with Gasteiger partial charge in [-0.25, -0.2) is 0 Å². The van der Waals surface area contributed by atoms with E-state index in [1.54, 1.807) is 24.3 Å². The monoisotopic (exact) mass is 418 g/mol. The molecule has 8 N–H and O–H groups in total. The molecule has 0 aliphatic rings. The van der Waals surface area contributed by atoms with Crippen molar-refractivity contribution >= 4 is 11.4 Å². The zero-order valence-corrected chi connectivity index (χ0v) is 16.9. The van der Waals surface area contributed by atoms with Crippen LogP contribution in [-0.2, 0) is 12.8 Å². The van der Waals surface area contributed by atoms with Crippen LogP contribution in [0, 0.1) is 32.1 Å². The van der Waals surface area contributed by atoms with Crippen LogP contribution in [0.4, 0.5) is 11.4 Å². The van der Waals surface area contributed by atoms with Gasteiger partial charge in [-0.05, 0) is 62.0 Å². The summed E-state index contributed by atoms with van der Waals surface area (Å²) < 4.78 is 0. The Labute approximate surface area is 175 Å². The lowest BCUT2D eigenvalue weighted by atomic mass is 9.99. The molecule has 2 aromatic carbocycles. The van der Waals surface area contributed by atoms with Crippen LogP contribution >= 0.6 is 0 Å². The Morgan fingerprint density at radius 2 is 0.867 bits per heavy atom. The molecule has 10 heteroatoms. The first-order valence-corrected chi connectivity index (χ1v) is 9.61. The number of hydrogen-bond acceptors (Lipinski definition) is 8. The molecule has 2 rings (SSSR count). The minimum atomic E-state index is -0.410. The summed E-state index contributed by atoms with van der Waals surface area (Å²) in [4.78, 5) is 20.0. The highest BCUT2D eigenvalue weighted by Gasteiger charge is 2.09. The van der Waals surface area contributed by atoms with Crippen LogP contribution in [0.15, 0.2) is 48.5 Å². The molecule has 2 aromatic rings. The lowest BCUT2D eigenvalue weighted by molar-refractivity contribution is -0.385. The number of nitro groups is 2. The predicted molar refractivity (Wildman–Crippen MR) is 117 cm³/mol. The molecule has 0 saturated heterocycles. The standard InChI is InChI=1S/2C10H15N3O2/c2*11-6-9(7-12)5-8-1-3-10(4-2-8)13(14)15/h2*1-4,9H,5-7,11-12H2. The maximum atomic E-state index is 10.4. The van der Waals surface area contributed by atoms with Crippen molar-refractivity contribution in [3.63, 3.8) is 0 Å². The van der Waals surface area contributed by atoms with Crippen molar-refractivity contribution in [1.29, 1.82) is 0 Å². The van der Waals surface area contributed by atoms with E-state index in [4.69, 9.17) is 22.9 Å². The summed E-state index contributed by atoms with van der Waals surface area (Å²) in [6, 6.07) is 13.0. The first-order valence-electron chi connectivity index (χ1n) is 9.61. The van der Waals surface area contributed by atoms with Gasteiger partial charge in [0.25, 0.3) is 11.4 Å². The van der Waals surface area contributed by atoms with E-state index in [9.17, 15) is 20.2 Å². The summed E-state index contributed by atoms with van der Waals surface area (Å²) in [5, 5.41) is 20.8. The van der Waals surface area contributed by atoms with Gasteiger partial charge in [-0.1, -0.05) is 24.3 Å². The number of nitro benzene ring substituents is 2. The molecule has 10 nitrogen and oxygen atoms in total. The molecule has 0 aromatic heterocycles. The van der Waals surface area contributed by atoms with Crippen molar-refractivity contribution in [3.8, 4) is 0 Å². The molecule has 0 bridgehead atoms. The van der Waals surface area contributed by atoms with Crippen molar-refractivity contribution in [2.45, 2.75) is 12.8 Å². The van der Waals surface area contributed by atoms with E-state index in [0.717, 1.165) is 24.0 Å². The van der Waals surface area contributed by atoms with Gasteiger partial charge in [0, 0.05) is 24.3 Å². The fraction of sp³-hybridized carbons (Fsp3) is 0.400. The summed E-state index contributed by atoms with van der Waals surface area (Å²) in [6.45, 7) is 2.14. The smallest absolute Gasteiger partial charge is 0.269 e. The van der Waals surface area contributed by atoms with E-state index < -0.39 is 9.85 Å². The quantitative estimate of drug-likeness (QED) is 0.328. The van der Waals surface area contributed by atoms with E-state index in [2.05, 4.69) is 0 Å². The third-order valence-electron chi connectivity index (χ3n) is 4.68. The predicted octanol–water partition coefficient (Wildman–Crippen LogP) is 1.34. The number of rotatable bonds is 10. The van der Waals surface area contributed by atoms with Crippen LogP contribution in [0.3, 0.4) is 0 Å². The van der Waals surface area contributed by atoms with Crippen molar-refractivity contribution in [1.82, 2.24) is 0 Å². The summed E-state index contributed by atoms with van der Waals surface area (Å²) in [5.41, 5.74) is 24.4. The molecule has 30 heavy (non-hydrogen) atoms. The molecule has 0 atom stereocenters. The highest BCUT2D eigenvalue weighted by atomic mass is 16.6. The van der Waals surface area contributed by atoms with E-state index in [1.807, 2.05) is 0 Å². The zero-order valence-electron chi connectivity index (χ0n) is 16.9. The van der Waals surface area contributed by atoms with E-state index in [-0.39, 0.29) is 23.2 Å². The maximum Gasteiger partial charge on any atom is 0.269 e. The first kappa shape index (κ1) is 25.1. The summed E-state index contributed by atoms with van der Waals surface area (Å²) in [7, 11) is 0. The van der Waals surface area contributed by atoms with Crippen molar-refractivity contribution < 1.29 is 9.85 Å². The minimum Gasteiger partial charge on any atom is -0.330 e. The molecule has 0 aliphatic carbocycles. The van der Waals surface area contributed by atoms with Gasteiger partial charge in [-0.3, -0.25) is 20.2 Å². The highest BCUT2D eigenvalue weighted by Crippen LogP contribution is 2.15. The summed E-state index contributed by atoms with van der Waals surface area (Å²) >= 11 is 0. The van der Waals surface area contributed by atoms with Crippen LogP contribution in [0.5, 0.6) is 0 Å². The second kappa shape index (κ2) is 13.3. The van der Waals surface area contributed by atoms with Gasteiger partial charge in [-0.15, -0.1) is 0 Å². The molecule has 0 aliphatic heterocycles. The van der Waals surface area contributed by atoms with Gasteiger partial charge in [0.2, 0.25) is 0 Å². The maximum absolute atomic E-state index is 10.4. The number of hydrogen-bond donors (Lipinski definition) is 4. The molecule has 0 radical (unpaired) electrons. The lowest BCUT2D eigenvalue weighted by Gasteiger charge is -2.11. The highest BCUT2D eigenvalue weighted by molar-refractivity contribution is 5.33. The SMILES string of the molecule is NCC(CN)Cc1ccc([N+](=O)[O-])cc1.NCC(CN)Cc1ccc([N+](=O)[O-])cc1. The Balaban J connectivity index is 0.000000300. The van der Waals surface area contributed by atoms with E-state index in [1.165, 1.54) is 24.3 Å². The van der Waals surface area contributed by atoms with Crippen LogP contribution < -0.4 is 22.9 Å². The number of non-ortho nitro benzene ring substituents is 2. The van der Waals surface area contributed by atoms with Gasteiger partial charge in [-0.2, -0.15) is 0 Å². The Bertz CT molecular complexity index is 707. The number of benzene rings is 2. The van der Waals surface area contributed by atoms with Crippen LogP contribution in [-0.4, -0.2) is 36.0 Å². The molecule has 0 saturated carbocycles. The van der Waals surface area contributed by atoms with Crippen molar-refractivity contribution in [3.05, 3.63) is 79.9 Å². The summed E-state index contributed by atoms with van der Waals surface area (Å²) in [6.07, 6.45) is 1.54. The fourth-order valence-corrected chi connectivity index (χ4v) is 2.70. The van der Waals surface area contributed by atoms with Gasteiger partial charge in [0.1, 0.15) is 0 Å². The molecular formula is C20H30N6O4. The molecule has 0 unspecified atom stereocenters. The Morgan fingerprint density at radius 3 is 1.07 bits per heavy atom. The average molecular weight is 418 g/mol. The average Bonchev–Trinajstić information content (AvgIpc) is 2.76. The van der Waals surface area contributed by atoms with E-state index in [0.29, 0.717) is 26.2 Å². The van der Waals surface area contributed by atoms with Crippen molar-refractivity contribution in [2.75, 3.05) is 26.2 Å². The molecular weight excluding hydrogens is 388 g/mol. The third-order valence-corrected chi connectivity index (χ3v) is 4.68. The molecule has 0 amide bonds. The summed E-state index contributed by atoms with van der Waals surface area (Å²) in [5.74, 6) is 0.484. The normalized spacial score (nSPS) is 10.6. The van der Waals surface area contributed by atoms with Gasteiger partial charge < -0.3 is 22.9 Å². The molecule has 0 fully saturated rings. The second-order valence-electron chi connectivity index (χ2n) is 6.93. The van der Waals surface area contributed by atoms with Crippen LogP contribution in [0.25, 0.3) is 0 Å². The third kappa shape index (κ3) is 8.62.